The third-order valence-corrected chi connectivity index (χ3v) is 5.25. The fraction of sp³-hybridized carbons (Fsp3) is 0.938. The molecule has 2 heterocycles. The second-order valence-corrected chi connectivity index (χ2v) is 6.64. The number of hydrogen-bond donors (Lipinski definition) is 1. The molecule has 0 aromatic heterocycles. The summed E-state index contributed by atoms with van der Waals surface area (Å²) in [5.41, 5.74) is -0.277. The number of halogens is 4. The molecule has 0 aromatic carbocycles. The minimum atomic E-state index is -4.18. The first kappa shape index (κ1) is 23.7. The highest BCUT2D eigenvalue weighted by Crippen LogP contribution is 2.26. The summed E-state index contributed by atoms with van der Waals surface area (Å²) in [4.78, 5) is 7.76. The Morgan fingerprint density at radius 2 is 1.81 bits per heavy atom. The Hall–Kier alpha value is -0.330. The number of ether oxygens (including phenoxy) is 2. The van der Waals surface area contributed by atoms with Crippen LogP contribution in [0.5, 0.6) is 0 Å². The molecule has 0 aromatic rings. The monoisotopic (exact) mass is 494 g/mol. The summed E-state index contributed by atoms with van der Waals surface area (Å²) in [6, 6.07) is -1.41. The van der Waals surface area contributed by atoms with Crippen molar-refractivity contribution < 1.29 is 22.6 Å². The van der Waals surface area contributed by atoms with E-state index in [0.717, 1.165) is 12.8 Å². The number of hydrogen-bond acceptors (Lipinski definition) is 4. The molecule has 2 aliphatic heterocycles. The molecular weight excluding hydrogens is 464 g/mol. The van der Waals surface area contributed by atoms with Crippen LogP contribution in [0.4, 0.5) is 13.2 Å². The van der Waals surface area contributed by atoms with Crippen molar-refractivity contribution in [3.8, 4) is 0 Å². The average molecular weight is 494 g/mol. The van der Waals surface area contributed by atoms with Crippen LogP contribution in [0.3, 0.4) is 0 Å². The van der Waals surface area contributed by atoms with E-state index in [1.165, 1.54) is 11.8 Å². The molecular formula is C16H30F3IN4O2. The highest BCUT2D eigenvalue weighted by Gasteiger charge is 2.41. The van der Waals surface area contributed by atoms with Crippen LogP contribution >= 0.6 is 24.0 Å². The summed E-state index contributed by atoms with van der Waals surface area (Å²) in [6.45, 7) is 4.93. The van der Waals surface area contributed by atoms with Gasteiger partial charge >= 0.3 is 6.18 Å². The van der Waals surface area contributed by atoms with E-state index in [1.807, 2.05) is 4.90 Å². The lowest BCUT2D eigenvalue weighted by molar-refractivity contribution is -0.181. The molecule has 1 N–H and O–H groups in total. The normalized spacial score (nSPS) is 23.3. The van der Waals surface area contributed by atoms with E-state index in [2.05, 4.69) is 10.3 Å². The van der Waals surface area contributed by atoms with Crippen LogP contribution in [0.2, 0.25) is 0 Å². The number of alkyl halides is 3. The van der Waals surface area contributed by atoms with E-state index in [1.54, 1.807) is 14.2 Å². The smallest absolute Gasteiger partial charge is 0.381 e. The van der Waals surface area contributed by atoms with Gasteiger partial charge in [0, 0.05) is 72.9 Å². The zero-order chi connectivity index (χ0) is 18.5. The third kappa shape index (κ3) is 6.10. The predicted molar refractivity (Wildman–Crippen MR) is 105 cm³/mol. The molecule has 0 aliphatic carbocycles. The highest BCUT2D eigenvalue weighted by molar-refractivity contribution is 14.0. The average Bonchev–Trinajstić information content (AvgIpc) is 2.62. The largest absolute Gasteiger partial charge is 0.403 e. The fourth-order valence-corrected chi connectivity index (χ4v) is 3.30. The molecule has 10 heteroatoms. The Balaban J connectivity index is 0.00000338. The Kier molecular flexibility index (Phi) is 9.37. The molecule has 0 bridgehead atoms. The van der Waals surface area contributed by atoms with Crippen LogP contribution in [0.25, 0.3) is 0 Å². The van der Waals surface area contributed by atoms with Crippen molar-refractivity contribution in [1.82, 2.24) is 15.1 Å². The quantitative estimate of drug-likeness (QED) is 0.368. The number of piperazine rings is 1. The van der Waals surface area contributed by atoms with Gasteiger partial charge in [-0.05, 0) is 6.92 Å². The van der Waals surface area contributed by atoms with E-state index in [9.17, 15) is 13.2 Å². The maximum absolute atomic E-state index is 12.8. The molecule has 154 valence electrons. The summed E-state index contributed by atoms with van der Waals surface area (Å²) in [6.07, 6.45) is -2.56. The molecule has 0 radical (unpaired) electrons. The lowest BCUT2D eigenvalue weighted by Crippen LogP contribution is -2.58. The summed E-state index contributed by atoms with van der Waals surface area (Å²) >= 11 is 0. The van der Waals surface area contributed by atoms with Gasteiger partial charge in [0.1, 0.15) is 6.04 Å². The van der Waals surface area contributed by atoms with E-state index in [-0.39, 0.29) is 29.6 Å². The number of guanidine groups is 1. The SMILES string of the molecule is CN=C(NCC1(OC)CCOCC1)N1CCN(C(C)C(F)(F)F)CC1.I. The molecule has 2 saturated heterocycles. The number of nitrogens with zero attached hydrogens (tertiary/aromatic N) is 3. The molecule has 0 spiro atoms. The van der Waals surface area contributed by atoms with E-state index < -0.39 is 12.2 Å². The van der Waals surface area contributed by atoms with Gasteiger partial charge in [0.25, 0.3) is 0 Å². The summed E-state index contributed by atoms with van der Waals surface area (Å²) in [7, 11) is 3.39. The van der Waals surface area contributed by atoms with Crippen molar-refractivity contribution >= 4 is 29.9 Å². The number of aliphatic imine (C=N–C) groups is 1. The predicted octanol–water partition coefficient (Wildman–Crippen LogP) is 1.94. The van der Waals surface area contributed by atoms with Gasteiger partial charge in [-0.15, -0.1) is 24.0 Å². The van der Waals surface area contributed by atoms with Crippen LogP contribution in [0, 0.1) is 0 Å². The van der Waals surface area contributed by atoms with Gasteiger partial charge in [0.15, 0.2) is 5.96 Å². The number of methoxy groups -OCH3 is 1. The molecule has 26 heavy (non-hydrogen) atoms. The van der Waals surface area contributed by atoms with Crippen molar-refractivity contribution in [2.45, 2.75) is 37.6 Å². The standard InChI is InChI=1S/C16H29F3N4O2.HI/c1-13(16(17,18)19)22-6-8-23(9-7-22)14(20-2)21-12-15(24-3)4-10-25-11-5-15;/h13H,4-12H2,1-3H3,(H,20,21);1H. The first-order chi connectivity index (χ1) is 11.8. The third-order valence-electron chi connectivity index (χ3n) is 5.25. The van der Waals surface area contributed by atoms with Crippen LogP contribution in [0.1, 0.15) is 19.8 Å². The first-order valence-electron chi connectivity index (χ1n) is 8.70. The molecule has 2 fully saturated rings. The van der Waals surface area contributed by atoms with E-state index in [0.29, 0.717) is 51.9 Å². The summed E-state index contributed by atoms with van der Waals surface area (Å²) < 4.78 is 49.6. The molecule has 2 aliphatic rings. The Bertz CT molecular complexity index is 451. The van der Waals surface area contributed by atoms with E-state index >= 15 is 0 Å². The van der Waals surface area contributed by atoms with Gasteiger partial charge < -0.3 is 19.7 Å². The van der Waals surface area contributed by atoms with Gasteiger partial charge in [-0.3, -0.25) is 9.89 Å². The minimum Gasteiger partial charge on any atom is -0.381 e. The summed E-state index contributed by atoms with van der Waals surface area (Å²) in [5.74, 6) is 0.710. The van der Waals surface area contributed by atoms with Crippen LogP contribution in [-0.4, -0.2) is 93.7 Å². The van der Waals surface area contributed by atoms with Crippen molar-refractivity contribution in [3.63, 3.8) is 0 Å². The minimum absolute atomic E-state index is 0. The highest BCUT2D eigenvalue weighted by atomic mass is 127. The Morgan fingerprint density at radius 1 is 1.23 bits per heavy atom. The first-order valence-corrected chi connectivity index (χ1v) is 8.70. The molecule has 0 saturated carbocycles. The maximum Gasteiger partial charge on any atom is 0.403 e. The van der Waals surface area contributed by atoms with Crippen LogP contribution in [0.15, 0.2) is 4.99 Å². The molecule has 1 unspecified atom stereocenters. The topological polar surface area (TPSA) is 49.3 Å². The maximum atomic E-state index is 12.8. The Morgan fingerprint density at radius 3 is 2.27 bits per heavy atom. The van der Waals surface area contributed by atoms with Crippen molar-refractivity contribution in [2.24, 2.45) is 4.99 Å². The molecule has 1 atom stereocenters. The van der Waals surface area contributed by atoms with Gasteiger partial charge in [-0.25, -0.2) is 0 Å². The molecule has 6 nitrogen and oxygen atoms in total. The van der Waals surface area contributed by atoms with Gasteiger partial charge in [0.2, 0.25) is 0 Å². The van der Waals surface area contributed by atoms with Crippen LogP contribution in [-0.2, 0) is 9.47 Å². The zero-order valence-electron chi connectivity index (χ0n) is 15.6. The fourth-order valence-electron chi connectivity index (χ4n) is 3.30. The second kappa shape index (κ2) is 10.3. The van der Waals surface area contributed by atoms with Gasteiger partial charge in [-0.2, -0.15) is 13.2 Å². The van der Waals surface area contributed by atoms with Gasteiger partial charge in [0.05, 0.1) is 5.60 Å². The molecule has 0 amide bonds. The number of nitrogens with one attached hydrogen (secondary N) is 1. The second-order valence-electron chi connectivity index (χ2n) is 6.64. The lowest BCUT2D eigenvalue weighted by atomic mass is 9.94. The van der Waals surface area contributed by atoms with Crippen molar-refractivity contribution in [3.05, 3.63) is 0 Å². The van der Waals surface area contributed by atoms with E-state index in [4.69, 9.17) is 9.47 Å². The molecule has 2 rings (SSSR count). The van der Waals surface area contributed by atoms with Gasteiger partial charge in [-0.1, -0.05) is 0 Å². The summed E-state index contributed by atoms with van der Waals surface area (Å²) in [5, 5.41) is 3.33. The van der Waals surface area contributed by atoms with Crippen molar-refractivity contribution in [1.29, 1.82) is 0 Å². The lowest BCUT2D eigenvalue weighted by Gasteiger charge is -2.41. The zero-order valence-corrected chi connectivity index (χ0v) is 18.0. The van der Waals surface area contributed by atoms with Crippen LogP contribution < -0.4 is 5.32 Å². The Labute approximate surface area is 170 Å². The van der Waals surface area contributed by atoms with Crippen molar-refractivity contribution in [2.75, 3.05) is 60.1 Å². The number of rotatable bonds is 4.